The van der Waals surface area contributed by atoms with Crippen LogP contribution >= 0.6 is 0 Å². The second-order valence-electron chi connectivity index (χ2n) is 3.14. The normalized spacial score (nSPS) is 37.7. The smallest absolute Gasteiger partial charge is 0.0474 e. The van der Waals surface area contributed by atoms with E-state index in [0.29, 0.717) is 18.4 Å². The van der Waals surface area contributed by atoms with Gasteiger partial charge in [0.15, 0.2) is 0 Å². The van der Waals surface area contributed by atoms with Gasteiger partial charge in [-0.2, -0.15) is 0 Å². The first-order chi connectivity index (χ1) is 4.24. The zero-order valence-corrected chi connectivity index (χ0v) is 6.17. The lowest BCUT2D eigenvalue weighted by molar-refractivity contribution is 0.208. The number of aliphatic hydroxyl groups is 1. The second kappa shape index (κ2) is 2.67. The molecule has 0 radical (unpaired) electrons. The van der Waals surface area contributed by atoms with Crippen molar-refractivity contribution >= 4 is 0 Å². The zero-order valence-electron chi connectivity index (χ0n) is 6.17. The lowest BCUT2D eigenvalue weighted by atomic mass is 10.00. The third-order valence-electron chi connectivity index (χ3n) is 2.19. The number of hydrogen-bond donors (Lipinski definition) is 1. The third-order valence-corrected chi connectivity index (χ3v) is 2.19. The average Bonchev–Trinajstić information content (AvgIpc) is 2.10. The van der Waals surface area contributed by atoms with Gasteiger partial charge in [0.25, 0.3) is 0 Å². The van der Waals surface area contributed by atoms with E-state index in [1.807, 2.05) is 0 Å². The van der Waals surface area contributed by atoms with Crippen LogP contribution in [0.5, 0.6) is 0 Å². The Kier molecular flexibility index (Phi) is 2.09. The van der Waals surface area contributed by atoms with E-state index in [4.69, 9.17) is 5.11 Å². The Hall–Kier alpha value is -0.0800. The topological polar surface area (TPSA) is 23.5 Å². The Morgan fingerprint density at radius 1 is 1.56 bits per heavy atom. The fourth-order valence-corrected chi connectivity index (χ4v) is 1.53. The van der Waals surface area contributed by atoms with Gasteiger partial charge < -0.3 is 10.0 Å². The number of nitrogens with zero attached hydrogens (tertiary/aromatic N) is 1. The van der Waals surface area contributed by atoms with E-state index < -0.39 is 0 Å². The van der Waals surface area contributed by atoms with Crippen molar-refractivity contribution in [2.45, 2.75) is 6.92 Å². The molecular formula is C7H15NO. The molecule has 2 atom stereocenters. The highest BCUT2D eigenvalue weighted by atomic mass is 16.3. The predicted octanol–water partition coefficient (Wildman–Crippen LogP) is 0.176. The first-order valence-electron chi connectivity index (χ1n) is 3.53. The Morgan fingerprint density at radius 2 is 2.22 bits per heavy atom. The lowest BCUT2D eigenvalue weighted by Crippen LogP contribution is -2.15. The van der Waals surface area contributed by atoms with Crippen LogP contribution < -0.4 is 0 Å². The summed E-state index contributed by atoms with van der Waals surface area (Å²) in [5.74, 6) is 1.20. The van der Waals surface area contributed by atoms with Crippen LogP contribution in [-0.4, -0.2) is 36.8 Å². The summed E-state index contributed by atoms with van der Waals surface area (Å²) in [7, 11) is 2.10. The largest absolute Gasteiger partial charge is 0.396 e. The van der Waals surface area contributed by atoms with E-state index in [9.17, 15) is 0 Å². The number of likely N-dealkylation sites (tertiary alicyclic amines) is 1. The summed E-state index contributed by atoms with van der Waals surface area (Å²) < 4.78 is 0. The molecular weight excluding hydrogens is 114 g/mol. The Labute approximate surface area is 56.5 Å². The van der Waals surface area contributed by atoms with Crippen molar-refractivity contribution in [1.29, 1.82) is 0 Å². The van der Waals surface area contributed by atoms with Gasteiger partial charge in [0.2, 0.25) is 0 Å². The Morgan fingerprint density at radius 3 is 2.44 bits per heavy atom. The predicted molar refractivity (Wildman–Crippen MR) is 37.2 cm³/mol. The first kappa shape index (κ1) is 7.03. The molecule has 1 aliphatic heterocycles. The molecule has 2 nitrogen and oxygen atoms in total. The standard InChI is InChI=1S/C7H15NO/c1-6-3-8(2)4-7(6)5-9/h6-7,9H,3-5H2,1-2H3/t6-,7-/m0/s1. The highest BCUT2D eigenvalue weighted by molar-refractivity contribution is 4.78. The van der Waals surface area contributed by atoms with E-state index in [2.05, 4.69) is 18.9 Å². The van der Waals surface area contributed by atoms with Crippen molar-refractivity contribution < 1.29 is 5.11 Å². The molecule has 9 heavy (non-hydrogen) atoms. The maximum atomic E-state index is 8.83. The van der Waals surface area contributed by atoms with Crippen molar-refractivity contribution in [3.8, 4) is 0 Å². The molecule has 1 N–H and O–H groups in total. The molecule has 0 aliphatic carbocycles. The number of rotatable bonds is 1. The summed E-state index contributed by atoms with van der Waals surface area (Å²) in [4.78, 5) is 2.27. The van der Waals surface area contributed by atoms with Gasteiger partial charge in [-0.1, -0.05) is 6.92 Å². The van der Waals surface area contributed by atoms with Crippen LogP contribution in [0.4, 0.5) is 0 Å². The minimum Gasteiger partial charge on any atom is -0.396 e. The Balaban J connectivity index is 2.38. The fourth-order valence-electron chi connectivity index (χ4n) is 1.53. The van der Waals surface area contributed by atoms with Crippen LogP contribution in [0.25, 0.3) is 0 Å². The van der Waals surface area contributed by atoms with Crippen molar-refractivity contribution in [2.24, 2.45) is 11.8 Å². The van der Waals surface area contributed by atoms with Gasteiger partial charge in [-0.15, -0.1) is 0 Å². The van der Waals surface area contributed by atoms with Gasteiger partial charge in [-0.25, -0.2) is 0 Å². The molecule has 1 aliphatic rings. The van der Waals surface area contributed by atoms with E-state index in [0.717, 1.165) is 13.1 Å². The molecule has 54 valence electrons. The van der Waals surface area contributed by atoms with Crippen molar-refractivity contribution in [3.63, 3.8) is 0 Å². The molecule has 0 bridgehead atoms. The zero-order chi connectivity index (χ0) is 6.85. The summed E-state index contributed by atoms with van der Waals surface area (Å²) >= 11 is 0. The maximum absolute atomic E-state index is 8.83. The summed E-state index contributed by atoms with van der Waals surface area (Å²) in [5.41, 5.74) is 0. The molecule has 0 amide bonds. The second-order valence-corrected chi connectivity index (χ2v) is 3.14. The first-order valence-corrected chi connectivity index (χ1v) is 3.53. The van der Waals surface area contributed by atoms with Crippen LogP contribution in [0.1, 0.15) is 6.92 Å². The van der Waals surface area contributed by atoms with Crippen LogP contribution in [0.3, 0.4) is 0 Å². The van der Waals surface area contributed by atoms with E-state index in [1.165, 1.54) is 0 Å². The van der Waals surface area contributed by atoms with Crippen molar-refractivity contribution in [1.82, 2.24) is 4.90 Å². The Bertz CT molecular complexity index is 94.9. The molecule has 1 saturated heterocycles. The van der Waals surface area contributed by atoms with Gasteiger partial charge in [0, 0.05) is 19.7 Å². The summed E-state index contributed by atoms with van der Waals surface area (Å²) in [6, 6.07) is 0. The van der Waals surface area contributed by atoms with E-state index in [1.54, 1.807) is 0 Å². The van der Waals surface area contributed by atoms with Crippen molar-refractivity contribution in [2.75, 3.05) is 26.7 Å². The average molecular weight is 129 g/mol. The van der Waals surface area contributed by atoms with Gasteiger partial charge >= 0.3 is 0 Å². The van der Waals surface area contributed by atoms with Gasteiger partial charge in [0.1, 0.15) is 0 Å². The molecule has 0 aromatic heterocycles. The van der Waals surface area contributed by atoms with Crippen molar-refractivity contribution in [3.05, 3.63) is 0 Å². The highest BCUT2D eigenvalue weighted by Crippen LogP contribution is 2.20. The van der Waals surface area contributed by atoms with Crippen LogP contribution in [0.15, 0.2) is 0 Å². The minimum absolute atomic E-state index is 0.353. The molecule has 1 rings (SSSR count). The summed E-state index contributed by atoms with van der Waals surface area (Å²) in [6.07, 6.45) is 0. The van der Waals surface area contributed by atoms with Crippen LogP contribution in [0.2, 0.25) is 0 Å². The molecule has 1 fully saturated rings. The number of hydrogen-bond acceptors (Lipinski definition) is 2. The monoisotopic (exact) mass is 129 g/mol. The molecule has 0 saturated carbocycles. The summed E-state index contributed by atoms with van der Waals surface area (Å²) in [6.45, 7) is 4.76. The maximum Gasteiger partial charge on any atom is 0.0474 e. The van der Waals surface area contributed by atoms with Gasteiger partial charge in [-0.3, -0.25) is 0 Å². The molecule has 0 aromatic rings. The number of aliphatic hydroxyl groups excluding tert-OH is 1. The lowest BCUT2D eigenvalue weighted by Gasteiger charge is -2.08. The molecule has 0 aromatic carbocycles. The third kappa shape index (κ3) is 1.43. The highest BCUT2D eigenvalue weighted by Gasteiger charge is 2.25. The fraction of sp³-hybridized carbons (Fsp3) is 1.00. The molecule has 1 heterocycles. The molecule has 0 unspecified atom stereocenters. The van der Waals surface area contributed by atoms with Gasteiger partial charge in [-0.05, 0) is 18.9 Å². The van der Waals surface area contributed by atoms with Gasteiger partial charge in [0.05, 0.1) is 0 Å². The SMILES string of the molecule is C[C@H]1CN(C)C[C@H]1CO. The molecule has 0 spiro atoms. The summed E-state index contributed by atoms with van der Waals surface area (Å²) in [5, 5.41) is 8.83. The van der Waals surface area contributed by atoms with Crippen LogP contribution in [0, 0.1) is 11.8 Å². The van der Waals surface area contributed by atoms with Crippen LogP contribution in [-0.2, 0) is 0 Å². The van der Waals surface area contributed by atoms with E-state index in [-0.39, 0.29) is 0 Å². The molecule has 2 heteroatoms. The van der Waals surface area contributed by atoms with E-state index >= 15 is 0 Å². The minimum atomic E-state index is 0.353. The quantitative estimate of drug-likeness (QED) is 0.546.